The Morgan fingerprint density at radius 2 is 1.76 bits per heavy atom. The first-order valence-corrected chi connectivity index (χ1v) is 7.99. The van der Waals surface area contributed by atoms with Gasteiger partial charge in [-0.05, 0) is 63.1 Å². The lowest BCUT2D eigenvalue weighted by Crippen LogP contribution is -2.22. The highest BCUT2D eigenvalue weighted by atomic mass is 79.9. The Morgan fingerprint density at radius 3 is 2.38 bits per heavy atom. The zero-order valence-electron chi connectivity index (χ0n) is 12.8. The highest BCUT2D eigenvalue weighted by Gasteiger charge is 2.11. The normalized spacial score (nSPS) is 11.2. The van der Waals surface area contributed by atoms with Gasteiger partial charge in [-0.25, -0.2) is 0 Å². The second-order valence-electron chi connectivity index (χ2n) is 6.05. The van der Waals surface area contributed by atoms with Crippen molar-refractivity contribution in [1.29, 1.82) is 0 Å². The van der Waals surface area contributed by atoms with Gasteiger partial charge in [-0.3, -0.25) is 0 Å². The molecule has 112 valence electrons. The molecule has 0 aromatic heterocycles. The van der Waals surface area contributed by atoms with E-state index < -0.39 is 0 Å². The van der Waals surface area contributed by atoms with Crippen LogP contribution in [0.25, 0.3) is 0 Å². The summed E-state index contributed by atoms with van der Waals surface area (Å²) in [4.78, 5) is 0. The van der Waals surface area contributed by atoms with E-state index in [-0.39, 0.29) is 5.60 Å². The summed E-state index contributed by atoms with van der Waals surface area (Å²) >= 11 is 3.48. The molecule has 0 heterocycles. The molecular weight excluding hydrogens is 326 g/mol. The van der Waals surface area contributed by atoms with E-state index in [0.717, 1.165) is 28.9 Å². The summed E-state index contributed by atoms with van der Waals surface area (Å²) in [5.74, 6) is 0.922. The van der Waals surface area contributed by atoms with Gasteiger partial charge in [0.2, 0.25) is 0 Å². The van der Waals surface area contributed by atoms with Crippen molar-refractivity contribution in [3.63, 3.8) is 0 Å². The standard InChI is InChI=1S/C18H22BrNO/c1-18(2,3)21-17-9-7-14(8-10-17)11-12-20-16-6-4-5-15(19)13-16/h4-10,13,20H,11-12H2,1-3H3. The Bertz CT molecular complexity index is 573. The Hall–Kier alpha value is -1.48. The van der Waals surface area contributed by atoms with Crippen molar-refractivity contribution in [3.8, 4) is 5.75 Å². The molecule has 2 nitrogen and oxygen atoms in total. The summed E-state index contributed by atoms with van der Waals surface area (Å²) in [6.45, 7) is 7.09. The summed E-state index contributed by atoms with van der Waals surface area (Å²) in [5, 5.41) is 3.43. The van der Waals surface area contributed by atoms with Crippen LogP contribution in [0.5, 0.6) is 5.75 Å². The van der Waals surface area contributed by atoms with Gasteiger partial charge in [0.15, 0.2) is 0 Å². The molecule has 0 amide bonds. The number of anilines is 1. The van der Waals surface area contributed by atoms with E-state index in [1.54, 1.807) is 0 Å². The largest absolute Gasteiger partial charge is 0.488 e. The van der Waals surface area contributed by atoms with Crippen LogP contribution >= 0.6 is 15.9 Å². The predicted octanol–water partition coefficient (Wildman–Crippen LogP) is 5.28. The molecule has 2 rings (SSSR count). The molecule has 0 aliphatic carbocycles. The maximum Gasteiger partial charge on any atom is 0.120 e. The minimum atomic E-state index is -0.149. The zero-order valence-corrected chi connectivity index (χ0v) is 14.4. The number of hydrogen-bond acceptors (Lipinski definition) is 2. The van der Waals surface area contributed by atoms with Crippen LogP contribution in [-0.2, 0) is 6.42 Å². The molecule has 0 saturated carbocycles. The molecule has 2 aromatic rings. The van der Waals surface area contributed by atoms with Gasteiger partial charge in [0.05, 0.1) is 0 Å². The minimum absolute atomic E-state index is 0.149. The lowest BCUT2D eigenvalue weighted by molar-refractivity contribution is 0.131. The first kappa shape index (κ1) is 15.9. The van der Waals surface area contributed by atoms with E-state index >= 15 is 0 Å². The molecule has 0 unspecified atom stereocenters. The number of rotatable bonds is 5. The molecular formula is C18H22BrNO. The van der Waals surface area contributed by atoms with Crippen molar-refractivity contribution in [1.82, 2.24) is 0 Å². The van der Waals surface area contributed by atoms with E-state index in [1.807, 2.05) is 24.3 Å². The number of nitrogens with one attached hydrogen (secondary N) is 1. The molecule has 0 fully saturated rings. The SMILES string of the molecule is CC(C)(C)Oc1ccc(CCNc2cccc(Br)c2)cc1. The van der Waals surface area contributed by atoms with Crippen LogP contribution in [0.1, 0.15) is 26.3 Å². The van der Waals surface area contributed by atoms with Crippen LogP contribution in [-0.4, -0.2) is 12.1 Å². The topological polar surface area (TPSA) is 21.3 Å². The van der Waals surface area contributed by atoms with Crippen molar-refractivity contribution in [2.24, 2.45) is 0 Å². The van der Waals surface area contributed by atoms with Crippen molar-refractivity contribution in [2.45, 2.75) is 32.8 Å². The van der Waals surface area contributed by atoms with Gasteiger partial charge in [-0.2, -0.15) is 0 Å². The summed E-state index contributed by atoms with van der Waals surface area (Å²) in [7, 11) is 0. The zero-order chi connectivity index (χ0) is 15.3. The summed E-state index contributed by atoms with van der Waals surface area (Å²) in [6, 6.07) is 16.6. The van der Waals surface area contributed by atoms with E-state index in [4.69, 9.17) is 4.74 Å². The Labute approximate surface area is 135 Å². The smallest absolute Gasteiger partial charge is 0.120 e. The summed E-state index contributed by atoms with van der Waals surface area (Å²) in [5.41, 5.74) is 2.29. The second-order valence-corrected chi connectivity index (χ2v) is 6.96. The van der Waals surface area contributed by atoms with Crippen molar-refractivity contribution >= 4 is 21.6 Å². The van der Waals surface area contributed by atoms with Crippen LogP contribution in [0.2, 0.25) is 0 Å². The number of halogens is 1. The van der Waals surface area contributed by atoms with Gasteiger partial charge in [-0.1, -0.05) is 34.1 Å². The maximum absolute atomic E-state index is 5.82. The summed E-state index contributed by atoms with van der Waals surface area (Å²) < 4.78 is 6.92. The maximum atomic E-state index is 5.82. The molecule has 0 atom stereocenters. The lowest BCUT2D eigenvalue weighted by Gasteiger charge is -2.21. The lowest BCUT2D eigenvalue weighted by atomic mass is 10.1. The molecule has 0 bridgehead atoms. The van der Waals surface area contributed by atoms with Crippen molar-refractivity contribution in [2.75, 3.05) is 11.9 Å². The molecule has 2 aromatic carbocycles. The van der Waals surface area contributed by atoms with Crippen molar-refractivity contribution in [3.05, 3.63) is 58.6 Å². The van der Waals surface area contributed by atoms with Crippen LogP contribution in [0.15, 0.2) is 53.0 Å². The molecule has 21 heavy (non-hydrogen) atoms. The van der Waals surface area contributed by atoms with Gasteiger partial charge >= 0.3 is 0 Å². The number of benzene rings is 2. The highest BCUT2D eigenvalue weighted by molar-refractivity contribution is 9.10. The molecule has 3 heteroatoms. The van der Waals surface area contributed by atoms with E-state index in [0.29, 0.717) is 0 Å². The third-order valence-electron chi connectivity index (χ3n) is 2.91. The van der Waals surface area contributed by atoms with Gasteiger partial charge in [0.25, 0.3) is 0 Å². The number of hydrogen-bond donors (Lipinski definition) is 1. The van der Waals surface area contributed by atoms with Crippen LogP contribution in [0.3, 0.4) is 0 Å². The molecule has 1 N–H and O–H groups in total. The van der Waals surface area contributed by atoms with Crippen LogP contribution in [0, 0.1) is 0 Å². The van der Waals surface area contributed by atoms with E-state index in [1.165, 1.54) is 5.56 Å². The van der Waals surface area contributed by atoms with Gasteiger partial charge in [0.1, 0.15) is 11.4 Å². The monoisotopic (exact) mass is 347 g/mol. The molecule has 0 aliphatic heterocycles. The first-order valence-electron chi connectivity index (χ1n) is 7.20. The van der Waals surface area contributed by atoms with E-state index in [2.05, 4.69) is 66.3 Å². The average molecular weight is 348 g/mol. The number of ether oxygens (including phenoxy) is 1. The van der Waals surface area contributed by atoms with Gasteiger partial charge in [-0.15, -0.1) is 0 Å². The molecule has 0 aliphatic rings. The van der Waals surface area contributed by atoms with Gasteiger partial charge < -0.3 is 10.1 Å². The Kier molecular flexibility index (Phi) is 5.29. The van der Waals surface area contributed by atoms with E-state index in [9.17, 15) is 0 Å². The van der Waals surface area contributed by atoms with Crippen molar-refractivity contribution < 1.29 is 4.74 Å². The van der Waals surface area contributed by atoms with Crippen LogP contribution in [0.4, 0.5) is 5.69 Å². The quantitative estimate of drug-likeness (QED) is 0.794. The third-order valence-corrected chi connectivity index (χ3v) is 3.41. The minimum Gasteiger partial charge on any atom is -0.488 e. The first-order chi connectivity index (χ1) is 9.92. The fourth-order valence-corrected chi connectivity index (χ4v) is 2.43. The third kappa shape index (κ3) is 5.80. The fraction of sp³-hybridized carbons (Fsp3) is 0.333. The fourth-order valence-electron chi connectivity index (χ4n) is 2.03. The summed E-state index contributed by atoms with van der Waals surface area (Å²) in [6.07, 6.45) is 0.988. The molecule has 0 spiro atoms. The van der Waals surface area contributed by atoms with Crippen LogP contribution < -0.4 is 10.1 Å². The second kappa shape index (κ2) is 6.99. The molecule has 0 saturated heterocycles. The van der Waals surface area contributed by atoms with Gasteiger partial charge in [0, 0.05) is 16.7 Å². The predicted molar refractivity (Wildman–Crippen MR) is 93.2 cm³/mol. The Morgan fingerprint density at radius 1 is 1.05 bits per heavy atom. The Balaban J connectivity index is 1.84. The molecule has 0 radical (unpaired) electrons. The highest BCUT2D eigenvalue weighted by Crippen LogP contribution is 2.19. The average Bonchev–Trinajstić information content (AvgIpc) is 2.39.